The molecule has 5 fully saturated rings. The van der Waals surface area contributed by atoms with Gasteiger partial charge in [-0.15, -0.1) is 0 Å². The maximum absolute atomic E-state index is 13.6. The van der Waals surface area contributed by atoms with Crippen LogP contribution in [0.5, 0.6) is 0 Å². The first-order chi connectivity index (χ1) is 15.0. The molecular weight excluding hydrogens is 425 g/mol. The standard InChI is InChI=1S/C26H24FNOS2/c27-22-6-2-5-19(14-22)18-4-1-3-15(8-18)13-23-25(29)28(26(30)31-23)24-20-9-16-7-17(11-20)12-21(24)10-16/h1-6,8,13-14,16-17,20-21,24H,7,9-12H2/b23-13-. The molecule has 2 aromatic rings. The highest BCUT2D eigenvalue weighted by atomic mass is 32.2. The van der Waals surface area contributed by atoms with E-state index in [0.717, 1.165) is 32.8 Å². The Bertz CT molecular complexity index is 1080. The van der Waals surface area contributed by atoms with Crippen molar-refractivity contribution in [3.05, 3.63) is 64.8 Å². The minimum Gasteiger partial charge on any atom is -0.289 e. The second kappa shape index (κ2) is 7.56. The number of hydrogen-bond acceptors (Lipinski definition) is 3. The van der Waals surface area contributed by atoms with Gasteiger partial charge in [0.05, 0.1) is 4.91 Å². The molecule has 1 aliphatic heterocycles. The van der Waals surface area contributed by atoms with Crippen molar-refractivity contribution in [3.8, 4) is 11.1 Å². The van der Waals surface area contributed by atoms with Gasteiger partial charge < -0.3 is 0 Å². The SMILES string of the molecule is O=C1/C(=C/c2cccc(-c3cccc(F)c3)c2)SC(=S)N1C1C2CC3CC(C2)CC1C3. The van der Waals surface area contributed by atoms with E-state index in [4.69, 9.17) is 12.2 Å². The van der Waals surface area contributed by atoms with Crippen molar-refractivity contribution in [2.75, 3.05) is 0 Å². The second-order valence-electron chi connectivity index (χ2n) is 9.61. The van der Waals surface area contributed by atoms with Gasteiger partial charge in [0.15, 0.2) is 0 Å². The van der Waals surface area contributed by atoms with E-state index in [9.17, 15) is 9.18 Å². The molecule has 2 nitrogen and oxygen atoms in total. The van der Waals surface area contributed by atoms with Crippen molar-refractivity contribution in [3.63, 3.8) is 0 Å². The summed E-state index contributed by atoms with van der Waals surface area (Å²) in [6, 6.07) is 14.8. The number of thiocarbonyl (C=S) groups is 1. The van der Waals surface area contributed by atoms with E-state index >= 15 is 0 Å². The Hall–Kier alpha value is -1.98. The van der Waals surface area contributed by atoms with E-state index in [2.05, 4.69) is 0 Å². The van der Waals surface area contributed by atoms with Crippen LogP contribution in [0.3, 0.4) is 0 Å². The summed E-state index contributed by atoms with van der Waals surface area (Å²) >= 11 is 7.15. The summed E-state index contributed by atoms with van der Waals surface area (Å²) in [4.78, 5) is 16.1. The van der Waals surface area contributed by atoms with E-state index in [0.29, 0.717) is 22.8 Å². The predicted molar refractivity (Wildman–Crippen MR) is 128 cm³/mol. The lowest BCUT2D eigenvalue weighted by molar-refractivity contribution is -0.130. The fraction of sp³-hybridized carbons (Fsp3) is 0.385. The van der Waals surface area contributed by atoms with Gasteiger partial charge in [-0.3, -0.25) is 9.69 Å². The second-order valence-corrected chi connectivity index (χ2v) is 11.3. The highest BCUT2D eigenvalue weighted by molar-refractivity contribution is 8.26. The van der Waals surface area contributed by atoms with Crippen LogP contribution >= 0.6 is 24.0 Å². The Morgan fingerprint density at radius 1 is 0.935 bits per heavy atom. The summed E-state index contributed by atoms with van der Waals surface area (Å²) in [5.41, 5.74) is 2.70. The molecule has 4 aliphatic carbocycles. The number of halogens is 1. The Kier molecular flexibility index (Phi) is 4.80. The van der Waals surface area contributed by atoms with Gasteiger partial charge in [0.1, 0.15) is 10.1 Å². The third-order valence-electron chi connectivity index (χ3n) is 7.64. The average molecular weight is 450 g/mol. The molecule has 7 rings (SSSR count). The summed E-state index contributed by atoms with van der Waals surface area (Å²) in [6.45, 7) is 0. The molecule has 4 saturated carbocycles. The minimum atomic E-state index is -0.251. The lowest BCUT2D eigenvalue weighted by Crippen LogP contribution is -2.57. The molecular formula is C26H24FNOS2. The van der Waals surface area contributed by atoms with Gasteiger partial charge in [0, 0.05) is 6.04 Å². The molecule has 158 valence electrons. The van der Waals surface area contributed by atoms with Crippen LogP contribution < -0.4 is 0 Å². The van der Waals surface area contributed by atoms with Crippen molar-refractivity contribution < 1.29 is 9.18 Å². The Morgan fingerprint density at radius 3 is 2.26 bits per heavy atom. The molecule has 1 heterocycles. The van der Waals surface area contributed by atoms with E-state index in [1.54, 1.807) is 6.07 Å². The maximum Gasteiger partial charge on any atom is 0.266 e. The zero-order valence-electron chi connectivity index (χ0n) is 17.2. The van der Waals surface area contributed by atoms with Crippen molar-refractivity contribution >= 4 is 40.3 Å². The highest BCUT2D eigenvalue weighted by Gasteiger charge is 2.53. The number of amides is 1. The molecule has 1 saturated heterocycles. The molecule has 0 radical (unpaired) electrons. The van der Waals surface area contributed by atoms with Crippen molar-refractivity contribution in [2.45, 2.75) is 38.1 Å². The molecule has 0 N–H and O–H groups in total. The number of benzene rings is 2. The number of carbonyl (C=O) groups is 1. The zero-order valence-corrected chi connectivity index (χ0v) is 18.8. The fourth-order valence-corrected chi connectivity index (χ4v) is 8.03. The van der Waals surface area contributed by atoms with E-state index in [1.807, 2.05) is 41.3 Å². The quantitative estimate of drug-likeness (QED) is 0.393. The molecule has 5 heteroatoms. The van der Waals surface area contributed by atoms with E-state index in [1.165, 1.54) is 56.0 Å². The Morgan fingerprint density at radius 2 is 1.58 bits per heavy atom. The van der Waals surface area contributed by atoms with Crippen LogP contribution in [0, 0.1) is 29.5 Å². The summed E-state index contributed by atoms with van der Waals surface area (Å²) in [5.74, 6) is 2.81. The maximum atomic E-state index is 13.6. The van der Waals surface area contributed by atoms with Crippen LogP contribution in [-0.2, 0) is 4.79 Å². The molecule has 5 aliphatic rings. The average Bonchev–Trinajstić information content (AvgIpc) is 3.01. The van der Waals surface area contributed by atoms with Crippen LogP contribution in [-0.4, -0.2) is 21.2 Å². The first kappa shape index (κ1) is 19.7. The van der Waals surface area contributed by atoms with Gasteiger partial charge in [-0.05, 0) is 96.7 Å². The van der Waals surface area contributed by atoms with Gasteiger partial charge in [-0.2, -0.15) is 0 Å². The van der Waals surface area contributed by atoms with Crippen LogP contribution in [0.1, 0.15) is 37.7 Å². The lowest BCUT2D eigenvalue weighted by atomic mass is 9.54. The third kappa shape index (κ3) is 3.46. The van der Waals surface area contributed by atoms with Gasteiger partial charge in [-0.25, -0.2) is 4.39 Å². The molecule has 1 amide bonds. The fourth-order valence-electron chi connectivity index (χ4n) is 6.68. The van der Waals surface area contributed by atoms with E-state index in [-0.39, 0.29) is 11.7 Å². The highest BCUT2D eigenvalue weighted by Crippen LogP contribution is 2.56. The number of hydrogen-bond donors (Lipinski definition) is 0. The third-order valence-corrected chi connectivity index (χ3v) is 8.97. The Balaban J connectivity index is 1.28. The topological polar surface area (TPSA) is 20.3 Å². The molecule has 4 bridgehead atoms. The summed E-state index contributed by atoms with van der Waals surface area (Å²) in [5, 5.41) is 0. The number of thioether (sulfide) groups is 1. The minimum absolute atomic E-state index is 0.0728. The van der Waals surface area contributed by atoms with E-state index < -0.39 is 0 Å². The molecule has 31 heavy (non-hydrogen) atoms. The van der Waals surface area contributed by atoms with Gasteiger partial charge in [0.2, 0.25) is 0 Å². The Labute approximate surface area is 191 Å². The zero-order chi connectivity index (χ0) is 21.1. The lowest BCUT2D eigenvalue weighted by Gasteiger charge is -2.56. The summed E-state index contributed by atoms with van der Waals surface area (Å²) < 4.78 is 14.4. The van der Waals surface area contributed by atoms with Crippen molar-refractivity contribution in [2.24, 2.45) is 23.7 Å². The van der Waals surface area contributed by atoms with Gasteiger partial charge in [0.25, 0.3) is 5.91 Å². The molecule has 2 aromatic carbocycles. The molecule has 0 spiro atoms. The smallest absolute Gasteiger partial charge is 0.266 e. The number of nitrogens with zero attached hydrogens (tertiary/aromatic N) is 1. The normalized spacial score (nSPS) is 33.0. The van der Waals surface area contributed by atoms with Crippen LogP contribution in [0.25, 0.3) is 17.2 Å². The predicted octanol–water partition coefficient (Wildman–Crippen LogP) is 6.52. The first-order valence-corrected chi connectivity index (χ1v) is 12.4. The van der Waals surface area contributed by atoms with Crippen molar-refractivity contribution in [1.29, 1.82) is 0 Å². The molecule has 0 unspecified atom stereocenters. The summed E-state index contributed by atoms with van der Waals surface area (Å²) in [7, 11) is 0. The summed E-state index contributed by atoms with van der Waals surface area (Å²) in [6.07, 6.45) is 8.41. The molecule has 0 aromatic heterocycles. The largest absolute Gasteiger partial charge is 0.289 e. The van der Waals surface area contributed by atoms with Gasteiger partial charge >= 0.3 is 0 Å². The van der Waals surface area contributed by atoms with Crippen LogP contribution in [0.15, 0.2) is 53.4 Å². The first-order valence-electron chi connectivity index (χ1n) is 11.2. The number of carbonyl (C=O) groups excluding carboxylic acids is 1. The monoisotopic (exact) mass is 449 g/mol. The van der Waals surface area contributed by atoms with Crippen molar-refractivity contribution in [1.82, 2.24) is 4.90 Å². The van der Waals surface area contributed by atoms with Gasteiger partial charge in [-0.1, -0.05) is 54.3 Å². The van der Waals surface area contributed by atoms with Crippen LogP contribution in [0.4, 0.5) is 4.39 Å². The number of rotatable bonds is 3. The van der Waals surface area contributed by atoms with Crippen LogP contribution in [0.2, 0.25) is 0 Å². The molecule has 0 atom stereocenters.